The molecular formula is C20H31N3O3S. The van der Waals surface area contributed by atoms with Crippen LogP contribution in [-0.4, -0.2) is 61.8 Å². The Labute approximate surface area is 163 Å². The van der Waals surface area contributed by atoms with E-state index in [9.17, 15) is 13.2 Å². The summed E-state index contributed by atoms with van der Waals surface area (Å²) < 4.78 is 27.0. The summed E-state index contributed by atoms with van der Waals surface area (Å²) in [6.45, 7) is 6.09. The molecule has 2 fully saturated rings. The highest BCUT2D eigenvalue weighted by atomic mass is 32.2. The lowest BCUT2D eigenvalue weighted by Gasteiger charge is -2.38. The Kier molecular flexibility index (Phi) is 6.55. The third-order valence-corrected chi connectivity index (χ3v) is 7.93. The fourth-order valence-corrected chi connectivity index (χ4v) is 5.52. The SMILES string of the molecule is C[C@@H]1CCCC[C@H]1NC(=O)[C@@H](C)N1CCN(S(=O)(=O)c2ccccc2)CC1. The van der Waals surface area contributed by atoms with Gasteiger partial charge in [0, 0.05) is 32.2 Å². The molecule has 3 atom stereocenters. The van der Waals surface area contributed by atoms with Gasteiger partial charge in [-0.1, -0.05) is 38.0 Å². The molecule has 7 heteroatoms. The molecule has 27 heavy (non-hydrogen) atoms. The number of hydrogen-bond donors (Lipinski definition) is 1. The van der Waals surface area contributed by atoms with E-state index in [1.54, 1.807) is 24.3 Å². The minimum Gasteiger partial charge on any atom is -0.352 e. The molecule has 1 aliphatic heterocycles. The van der Waals surface area contributed by atoms with E-state index in [1.807, 2.05) is 13.0 Å². The summed E-state index contributed by atoms with van der Waals surface area (Å²) in [6.07, 6.45) is 4.67. The summed E-state index contributed by atoms with van der Waals surface area (Å²) in [5.74, 6) is 0.593. The quantitative estimate of drug-likeness (QED) is 0.832. The van der Waals surface area contributed by atoms with Crippen molar-refractivity contribution in [3.8, 4) is 0 Å². The van der Waals surface area contributed by atoms with Gasteiger partial charge >= 0.3 is 0 Å². The van der Waals surface area contributed by atoms with E-state index >= 15 is 0 Å². The van der Waals surface area contributed by atoms with E-state index in [0.29, 0.717) is 37.0 Å². The highest BCUT2D eigenvalue weighted by Gasteiger charge is 2.33. The standard InChI is InChI=1S/C20H31N3O3S/c1-16-8-6-7-11-19(16)21-20(24)17(2)22-12-14-23(15-13-22)27(25,26)18-9-4-3-5-10-18/h3-5,9-10,16-17,19H,6-8,11-15H2,1-2H3,(H,21,24)/t16-,17-,19-/m1/s1. The van der Waals surface area contributed by atoms with Gasteiger partial charge in [0.15, 0.2) is 0 Å². The van der Waals surface area contributed by atoms with E-state index < -0.39 is 10.0 Å². The maximum absolute atomic E-state index is 12.7. The van der Waals surface area contributed by atoms with Crippen LogP contribution in [0.1, 0.15) is 39.5 Å². The molecule has 0 unspecified atom stereocenters. The smallest absolute Gasteiger partial charge is 0.243 e. The van der Waals surface area contributed by atoms with Crippen LogP contribution in [0.2, 0.25) is 0 Å². The van der Waals surface area contributed by atoms with Crippen LogP contribution < -0.4 is 5.32 Å². The zero-order valence-electron chi connectivity index (χ0n) is 16.3. The number of rotatable bonds is 5. The Morgan fingerprint density at radius 2 is 1.70 bits per heavy atom. The van der Waals surface area contributed by atoms with Crippen LogP contribution in [0.15, 0.2) is 35.2 Å². The number of benzene rings is 1. The average Bonchev–Trinajstić information content (AvgIpc) is 2.70. The van der Waals surface area contributed by atoms with E-state index in [2.05, 4.69) is 17.1 Å². The van der Waals surface area contributed by atoms with Crippen molar-refractivity contribution in [1.82, 2.24) is 14.5 Å². The van der Waals surface area contributed by atoms with Gasteiger partial charge in [0.1, 0.15) is 0 Å². The highest BCUT2D eigenvalue weighted by Crippen LogP contribution is 2.24. The number of nitrogens with one attached hydrogen (secondary N) is 1. The molecule has 0 aromatic heterocycles. The third-order valence-electron chi connectivity index (χ3n) is 6.02. The first-order valence-corrected chi connectivity index (χ1v) is 11.4. The van der Waals surface area contributed by atoms with Crippen LogP contribution in [0.25, 0.3) is 0 Å². The molecular weight excluding hydrogens is 362 g/mol. The number of carbonyl (C=O) groups excluding carboxylic acids is 1. The Bertz CT molecular complexity index is 730. The van der Waals surface area contributed by atoms with Gasteiger partial charge in [0.05, 0.1) is 10.9 Å². The molecule has 1 aromatic rings. The number of nitrogens with zero attached hydrogens (tertiary/aromatic N) is 2. The second-order valence-electron chi connectivity index (χ2n) is 7.81. The molecule has 0 radical (unpaired) electrons. The lowest BCUT2D eigenvalue weighted by Crippen LogP contribution is -2.56. The first kappa shape index (κ1) is 20.3. The monoisotopic (exact) mass is 393 g/mol. The van der Waals surface area contributed by atoms with E-state index in [-0.39, 0.29) is 18.0 Å². The molecule has 0 spiro atoms. The largest absolute Gasteiger partial charge is 0.352 e. The normalized spacial score (nSPS) is 26.4. The molecule has 1 heterocycles. The first-order chi connectivity index (χ1) is 12.9. The van der Waals surface area contributed by atoms with Gasteiger partial charge in [-0.15, -0.1) is 0 Å². The fourth-order valence-electron chi connectivity index (χ4n) is 4.07. The zero-order chi connectivity index (χ0) is 19.4. The van der Waals surface area contributed by atoms with Crippen molar-refractivity contribution >= 4 is 15.9 Å². The second-order valence-corrected chi connectivity index (χ2v) is 9.74. The van der Waals surface area contributed by atoms with Crippen molar-refractivity contribution in [3.63, 3.8) is 0 Å². The van der Waals surface area contributed by atoms with Crippen molar-refractivity contribution in [2.45, 2.75) is 56.5 Å². The van der Waals surface area contributed by atoms with E-state index in [4.69, 9.17) is 0 Å². The topological polar surface area (TPSA) is 69.7 Å². The minimum atomic E-state index is -3.46. The summed E-state index contributed by atoms with van der Waals surface area (Å²) in [5, 5.41) is 3.22. The maximum atomic E-state index is 12.7. The van der Waals surface area contributed by atoms with Gasteiger partial charge < -0.3 is 5.32 Å². The summed E-state index contributed by atoms with van der Waals surface area (Å²) in [5.41, 5.74) is 0. The van der Waals surface area contributed by atoms with E-state index in [0.717, 1.165) is 6.42 Å². The molecule has 6 nitrogen and oxygen atoms in total. The van der Waals surface area contributed by atoms with Crippen LogP contribution in [0.5, 0.6) is 0 Å². The Hall–Kier alpha value is -1.44. The summed E-state index contributed by atoms with van der Waals surface area (Å²) in [7, 11) is -3.46. The predicted molar refractivity (Wildman–Crippen MR) is 106 cm³/mol. The Morgan fingerprint density at radius 3 is 2.33 bits per heavy atom. The van der Waals surface area contributed by atoms with Gasteiger partial charge in [0.2, 0.25) is 15.9 Å². The number of piperazine rings is 1. The molecule has 1 aromatic carbocycles. The molecule has 1 saturated heterocycles. The Morgan fingerprint density at radius 1 is 1.07 bits per heavy atom. The molecule has 0 bridgehead atoms. The first-order valence-electron chi connectivity index (χ1n) is 9.99. The van der Waals surface area contributed by atoms with Crippen LogP contribution in [-0.2, 0) is 14.8 Å². The molecule has 1 aliphatic carbocycles. The van der Waals surface area contributed by atoms with Crippen LogP contribution in [0, 0.1) is 5.92 Å². The number of carbonyl (C=O) groups is 1. The molecule has 1 saturated carbocycles. The van der Waals surface area contributed by atoms with Crippen molar-refractivity contribution < 1.29 is 13.2 Å². The Balaban J connectivity index is 1.54. The summed E-state index contributed by atoms with van der Waals surface area (Å²) in [4.78, 5) is 15.1. The van der Waals surface area contributed by atoms with E-state index in [1.165, 1.54) is 23.6 Å². The summed E-state index contributed by atoms with van der Waals surface area (Å²) >= 11 is 0. The van der Waals surface area contributed by atoms with Gasteiger partial charge in [-0.05, 0) is 37.8 Å². The van der Waals surface area contributed by atoms with Gasteiger partial charge in [-0.2, -0.15) is 4.31 Å². The number of hydrogen-bond acceptors (Lipinski definition) is 4. The average molecular weight is 394 g/mol. The van der Waals surface area contributed by atoms with Crippen molar-refractivity contribution in [3.05, 3.63) is 30.3 Å². The second kappa shape index (κ2) is 8.71. The molecule has 2 aliphatic rings. The van der Waals surface area contributed by atoms with Crippen molar-refractivity contribution in [2.75, 3.05) is 26.2 Å². The number of amides is 1. The van der Waals surface area contributed by atoms with Gasteiger partial charge in [0.25, 0.3) is 0 Å². The lowest BCUT2D eigenvalue weighted by molar-refractivity contribution is -0.127. The predicted octanol–water partition coefficient (Wildman–Crippen LogP) is 2.08. The van der Waals surface area contributed by atoms with Crippen LogP contribution in [0.4, 0.5) is 0 Å². The van der Waals surface area contributed by atoms with Crippen LogP contribution >= 0.6 is 0 Å². The molecule has 150 valence electrons. The maximum Gasteiger partial charge on any atom is 0.243 e. The third kappa shape index (κ3) is 4.70. The highest BCUT2D eigenvalue weighted by molar-refractivity contribution is 7.89. The minimum absolute atomic E-state index is 0.0631. The molecule has 1 amide bonds. The zero-order valence-corrected chi connectivity index (χ0v) is 17.1. The number of sulfonamides is 1. The van der Waals surface area contributed by atoms with Crippen LogP contribution in [0.3, 0.4) is 0 Å². The summed E-state index contributed by atoms with van der Waals surface area (Å²) in [6, 6.07) is 8.58. The molecule has 3 rings (SSSR count). The lowest BCUT2D eigenvalue weighted by atomic mass is 9.86. The molecule has 1 N–H and O–H groups in total. The van der Waals surface area contributed by atoms with Gasteiger partial charge in [-0.3, -0.25) is 9.69 Å². The fraction of sp³-hybridized carbons (Fsp3) is 0.650. The van der Waals surface area contributed by atoms with Crippen molar-refractivity contribution in [1.29, 1.82) is 0 Å². The van der Waals surface area contributed by atoms with Gasteiger partial charge in [-0.25, -0.2) is 8.42 Å². The van der Waals surface area contributed by atoms with Crippen molar-refractivity contribution in [2.24, 2.45) is 5.92 Å².